The zero-order chi connectivity index (χ0) is 20.7. The minimum Gasteiger partial charge on any atom is -0.451 e. The number of H-pyrrole nitrogens is 1. The van der Waals surface area contributed by atoms with Crippen molar-refractivity contribution in [2.24, 2.45) is 0 Å². The zero-order valence-corrected chi connectivity index (χ0v) is 16.5. The number of aromatic amines is 1. The summed E-state index contributed by atoms with van der Waals surface area (Å²) in [6.07, 6.45) is 3.69. The normalized spacial score (nSPS) is 13.6. The molecule has 3 aromatic heterocycles. The van der Waals surface area contributed by atoms with E-state index in [0.717, 1.165) is 30.3 Å². The fourth-order valence-corrected chi connectivity index (χ4v) is 3.48. The SMILES string of the molecule is CCCc1cc(=O)[nH]c(-n2nc(C3CC3)cc2NC(=O)c2cc3ccccc3o2)n1. The second-order valence-corrected chi connectivity index (χ2v) is 7.55. The van der Waals surface area contributed by atoms with Crippen LogP contribution >= 0.6 is 0 Å². The van der Waals surface area contributed by atoms with Crippen molar-refractivity contribution < 1.29 is 9.21 Å². The minimum atomic E-state index is -0.387. The number of para-hydroxylation sites is 1. The fourth-order valence-electron chi connectivity index (χ4n) is 3.48. The lowest BCUT2D eigenvalue weighted by Gasteiger charge is -2.08. The van der Waals surface area contributed by atoms with E-state index in [1.54, 1.807) is 6.07 Å². The van der Waals surface area contributed by atoms with Crippen LogP contribution in [0.15, 0.2) is 51.7 Å². The number of anilines is 1. The molecule has 0 unspecified atom stereocenters. The van der Waals surface area contributed by atoms with Crippen molar-refractivity contribution in [3.05, 3.63) is 70.0 Å². The molecule has 152 valence electrons. The average Bonchev–Trinajstić information content (AvgIpc) is 3.34. The Morgan fingerprint density at radius 2 is 2.10 bits per heavy atom. The molecule has 8 nitrogen and oxygen atoms in total. The number of hydrogen-bond acceptors (Lipinski definition) is 5. The first-order valence-corrected chi connectivity index (χ1v) is 10.1. The van der Waals surface area contributed by atoms with E-state index in [0.29, 0.717) is 29.4 Å². The molecule has 1 fully saturated rings. The van der Waals surface area contributed by atoms with E-state index in [1.165, 1.54) is 10.7 Å². The van der Waals surface area contributed by atoms with Crippen molar-refractivity contribution in [1.29, 1.82) is 0 Å². The maximum atomic E-state index is 12.9. The molecule has 0 radical (unpaired) electrons. The van der Waals surface area contributed by atoms with Crippen LogP contribution < -0.4 is 10.9 Å². The van der Waals surface area contributed by atoms with Gasteiger partial charge in [-0.15, -0.1) is 0 Å². The summed E-state index contributed by atoms with van der Waals surface area (Å²) in [5.41, 5.74) is 1.96. The number of benzene rings is 1. The third-order valence-corrected chi connectivity index (χ3v) is 5.10. The smallest absolute Gasteiger partial charge is 0.292 e. The quantitative estimate of drug-likeness (QED) is 0.510. The Labute approximate surface area is 171 Å². The van der Waals surface area contributed by atoms with Crippen LogP contribution in [0.4, 0.5) is 5.82 Å². The lowest BCUT2D eigenvalue weighted by Crippen LogP contribution is -2.19. The van der Waals surface area contributed by atoms with Crippen LogP contribution in [0, 0.1) is 0 Å². The van der Waals surface area contributed by atoms with Gasteiger partial charge in [0.05, 0.1) is 5.69 Å². The van der Waals surface area contributed by atoms with Gasteiger partial charge in [-0.05, 0) is 31.4 Å². The van der Waals surface area contributed by atoms with Crippen LogP contribution in [-0.2, 0) is 6.42 Å². The minimum absolute atomic E-state index is 0.207. The van der Waals surface area contributed by atoms with Gasteiger partial charge >= 0.3 is 0 Å². The number of fused-ring (bicyclic) bond motifs is 1. The largest absolute Gasteiger partial charge is 0.451 e. The van der Waals surface area contributed by atoms with Crippen molar-refractivity contribution in [2.75, 3.05) is 5.32 Å². The van der Waals surface area contributed by atoms with Gasteiger partial charge in [0.15, 0.2) is 5.76 Å². The summed E-state index contributed by atoms with van der Waals surface area (Å²) in [7, 11) is 0. The van der Waals surface area contributed by atoms with Crippen molar-refractivity contribution in [3.63, 3.8) is 0 Å². The van der Waals surface area contributed by atoms with Gasteiger partial charge in [-0.2, -0.15) is 9.78 Å². The Bertz CT molecular complexity index is 1260. The standard InChI is InChI=1S/C22H21N5O3/c1-2-5-15-11-20(28)25-22(23-15)27-19(12-16(26-27)13-8-9-13)24-21(29)18-10-14-6-3-4-7-17(14)30-18/h3-4,6-7,10-13H,2,5,8-9H2,1H3,(H,24,29)(H,23,25,28). The third-order valence-electron chi connectivity index (χ3n) is 5.10. The maximum Gasteiger partial charge on any atom is 0.292 e. The van der Waals surface area contributed by atoms with Gasteiger partial charge in [0.2, 0.25) is 5.95 Å². The van der Waals surface area contributed by atoms with Crippen LogP contribution in [-0.4, -0.2) is 25.7 Å². The molecule has 0 bridgehead atoms. The van der Waals surface area contributed by atoms with Gasteiger partial charge in [0.25, 0.3) is 11.5 Å². The first-order chi connectivity index (χ1) is 14.6. The summed E-state index contributed by atoms with van der Waals surface area (Å²) < 4.78 is 7.16. The second kappa shape index (κ2) is 7.29. The van der Waals surface area contributed by atoms with Gasteiger partial charge in [-0.1, -0.05) is 31.5 Å². The van der Waals surface area contributed by atoms with Gasteiger partial charge < -0.3 is 9.73 Å². The van der Waals surface area contributed by atoms with Gasteiger partial charge in [0, 0.05) is 29.1 Å². The van der Waals surface area contributed by atoms with Gasteiger partial charge in [0.1, 0.15) is 11.4 Å². The zero-order valence-electron chi connectivity index (χ0n) is 16.5. The van der Waals surface area contributed by atoms with Crippen molar-refractivity contribution in [1.82, 2.24) is 19.7 Å². The number of carbonyl (C=O) groups is 1. The van der Waals surface area contributed by atoms with E-state index in [9.17, 15) is 9.59 Å². The number of nitrogens with one attached hydrogen (secondary N) is 2. The highest BCUT2D eigenvalue weighted by Crippen LogP contribution is 2.40. The molecule has 1 aliphatic rings. The lowest BCUT2D eigenvalue weighted by atomic mass is 10.2. The molecule has 1 saturated carbocycles. The molecule has 3 heterocycles. The highest BCUT2D eigenvalue weighted by molar-refractivity contribution is 6.04. The molecule has 1 aromatic carbocycles. The molecule has 2 N–H and O–H groups in total. The van der Waals surface area contributed by atoms with E-state index >= 15 is 0 Å². The Morgan fingerprint density at radius 1 is 1.27 bits per heavy atom. The van der Waals surface area contributed by atoms with Crippen molar-refractivity contribution in [2.45, 2.75) is 38.5 Å². The lowest BCUT2D eigenvalue weighted by molar-refractivity contribution is 0.0998. The predicted molar refractivity (Wildman–Crippen MR) is 112 cm³/mol. The second-order valence-electron chi connectivity index (χ2n) is 7.55. The van der Waals surface area contributed by atoms with Crippen molar-refractivity contribution in [3.8, 4) is 5.95 Å². The van der Waals surface area contributed by atoms with E-state index in [-0.39, 0.29) is 23.2 Å². The monoisotopic (exact) mass is 403 g/mol. The van der Waals surface area contributed by atoms with E-state index < -0.39 is 0 Å². The fraction of sp³-hybridized carbons (Fsp3) is 0.273. The molecule has 5 rings (SSSR count). The molecule has 0 atom stereocenters. The first kappa shape index (κ1) is 18.4. The number of aromatic nitrogens is 4. The number of hydrogen-bond donors (Lipinski definition) is 2. The van der Waals surface area contributed by atoms with E-state index in [1.807, 2.05) is 37.3 Å². The van der Waals surface area contributed by atoms with Crippen LogP contribution in [0.25, 0.3) is 16.9 Å². The number of aryl methyl sites for hydroxylation is 1. The van der Waals surface area contributed by atoms with Gasteiger partial charge in [-0.25, -0.2) is 4.98 Å². The predicted octanol–water partition coefficient (Wildman–Crippen LogP) is 3.78. The molecule has 8 heteroatoms. The molecule has 1 aliphatic carbocycles. The Hall–Kier alpha value is -3.68. The first-order valence-electron chi connectivity index (χ1n) is 10.1. The summed E-state index contributed by atoms with van der Waals surface area (Å²) in [6, 6.07) is 12.5. The number of carbonyl (C=O) groups excluding carboxylic acids is 1. The molecular weight excluding hydrogens is 382 g/mol. The number of nitrogens with zero attached hydrogens (tertiary/aromatic N) is 3. The Kier molecular flexibility index (Phi) is 4.46. The van der Waals surface area contributed by atoms with Crippen LogP contribution in [0.5, 0.6) is 0 Å². The van der Waals surface area contributed by atoms with E-state index in [4.69, 9.17) is 4.42 Å². The third kappa shape index (κ3) is 3.52. The molecule has 4 aromatic rings. The molecular formula is C22H21N5O3. The topological polar surface area (TPSA) is 106 Å². The highest BCUT2D eigenvalue weighted by Gasteiger charge is 2.28. The molecule has 0 aliphatic heterocycles. The number of amides is 1. The molecule has 1 amide bonds. The molecule has 0 spiro atoms. The summed E-state index contributed by atoms with van der Waals surface area (Å²) in [4.78, 5) is 32.2. The summed E-state index contributed by atoms with van der Waals surface area (Å²) >= 11 is 0. The number of rotatable bonds is 6. The summed E-state index contributed by atoms with van der Waals surface area (Å²) in [5.74, 6) is 0.926. The molecule has 0 saturated heterocycles. The van der Waals surface area contributed by atoms with Crippen LogP contribution in [0.2, 0.25) is 0 Å². The highest BCUT2D eigenvalue weighted by atomic mass is 16.3. The Morgan fingerprint density at radius 3 is 2.87 bits per heavy atom. The summed E-state index contributed by atoms with van der Waals surface area (Å²) in [5, 5.41) is 8.33. The van der Waals surface area contributed by atoms with Crippen molar-refractivity contribution >= 4 is 22.7 Å². The average molecular weight is 403 g/mol. The van der Waals surface area contributed by atoms with Crippen LogP contribution in [0.1, 0.15) is 54.0 Å². The number of furan rings is 1. The Balaban J connectivity index is 1.52. The molecule has 30 heavy (non-hydrogen) atoms. The maximum absolute atomic E-state index is 12.9. The van der Waals surface area contributed by atoms with Crippen LogP contribution in [0.3, 0.4) is 0 Å². The van der Waals surface area contributed by atoms with E-state index in [2.05, 4.69) is 20.4 Å². The summed E-state index contributed by atoms with van der Waals surface area (Å²) in [6.45, 7) is 2.03. The van der Waals surface area contributed by atoms with Gasteiger partial charge in [-0.3, -0.25) is 14.6 Å².